The van der Waals surface area contributed by atoms with E-state index in [1.165, 1.54) is 24.3 Å². The minimum Gasteiger partial charge on any atom is -0.484 e. The summed E-state index contributed by atoms with van der Waals surface area (Å²) in [4.78, 5) is 61.0. The molecule has 1 N–H and O–H groups in total. The van der Waals surface area contributed by atoms with Crippen LogP contribution in [0.15, 0.2) is 54.6 Å². The Morgan fingerprint density at radius 3 is 2.46 bits per heavy atom. The largest absolute Gasteiger partial charge is 0.484 e. The Morgan fingerprint density at radius 2 is 1.80 bits per heavy atom. The van der Waals surface area contributed by atoms with E-state index in [-0.39, 0.29) is 18.9 Å². The summed E-state index contributed by atoms with van der Waals surface area (Å²) >= 11 is 0. The fourth-order valence-corrected chi connectivity index (χ4v) is 5.28. The van der Waals surface area contributed by atoms with Crippen molar-refractivity contribution >= 4 is 40.1 Å². The highest BCUT2D eigenvalue weighted by atomic mass is 32.2. The summed E-state index contributed by atoms with van der Waals surface area (Å²) in [5.41, 5.74) is 0.298. The number of carbonyl (C=O) groups is 4. The van der Waals surface area contributed by atoms with Gasteiger partial charge in [-0.15, -0.1) is 0 Å². The Morgan fingerprint density at radius 1 is 1.11 bits per heavy atom. The van der Waals surface area contributed by atoms with Gasteiger partial charge in [0.05, 0.1) is 21.5 Å². The molecule has 0 spiro atoms. The van der Waals surface area contributed by atoms with E-state index in [1.54, 1.807) is 30.3 Å². The number of fused-ring (bicyclic) bond motifs is 1. The molecule has 2 aromatic carbocycles. The standard InChI is InChI=1S/C22H19N3O9S/c26-16-12-35(32)21-18(23-17(27)11-33-15-4-2-1-3-5-15)20(28)24(21)19(16)22(29)34-10-13-6-8-14(9-7-13)25(30)31/h1-9,18-19,21H,10-12H2,(H,23,27)/t18-,19?,21-,35-/m1/s1. The van der Waals surface area contributed by atoms with Crippen molar-refractivity contribution in [1.29, 1.82) is 0 Å². The van der Waals surface area contributed by atoms with Crippen molar-refractivity contribution in [2.75, 3.05) is 12.4 Å². The Hall–Kier alpha value is -4.13. The molecule has 13 heteroatoms. The smallest absolute Gasteiger partial charge is 0.337 e. The zero-order chi connectivity index (χ0) is 25.1. The molecule has 4 atom stereocenters. The number of para-hydroxylation sites is 1. The predicted octanol–water partition coefficient (Wildman–Crippen LogP) is 0.0701. The number of benzene rings is 2. The molecule has 12 nitrogen and oxygen atoms in total. The SMILES string of the molecule is O=C(COc1ccccc1)N[C@@H]1C(=O)N2C(C(=O)OCc3ccc([N+](=O)[O-])cc3)C(=O)C[S@@](=O)[C@H]12. The molecule has 1 unspecified atom stereocenters. The summed E-state index contributed by atoms with van der Waals surface area (Å²) in [6.07, 6.45) is 0. The average Bonchev–Trinajstić information content (AvgIpc) is 2.85. The van der Waals surface area contributed by atoms with Gasteiger partial charge in [0.15, 0.2) is 18.4 Å². The zero-order valence-corrected chi connectivity index (χ0v) is 18.8. The first-order chi connectivity index (χ1) is 16.8. The Balaban J connectivity index is 1.36. The number of esters is 1. The first kappa shape index (κ1) is 24.0. The van der Waals surface area contributed by atoms with Crippen LogP contribution in [0.3, 0.4) is 0 Å². The van der Waals surface area contributed by atoms with Gasteiger partial charge < -0.3 is 19.7 Å². The number of nitro benzene ring substituents is 1. The van der Waals surface area contributed by atoms with Crippen LogP contribution >= 0.6 is 0 Å². The summed E-state index contributed by atoms with van der Waals surface area (Å²) in [5, 5.41) is 12.1. The normalized spacial score (nSPS) is 23.0. The molecule has 4 rings (SSSR count). The van der Waals surface area contributed by atoms with Crippen LogP contribution in [-0.4, -0.2) is 67.4 Å². The van der Waals surface area contributed by atoms with Gasteiger partial charge in [-0.3, -0.25) is 28.7 Å². The van der Waals surface area contributed by atoms with E-state index >= 15 is 0 Å². The second kappa shape index (κ2) is 10.0. The number of amides is 2. The maximum Gasteiger partial charge on any atom is 0.337 e. The van der Waals surface area contributed by atoms with Gasteiger partial charge in [-0.1, -0.05) is 18.2 Å². The minimum absolute atomic E-state index is 0.138. The minimum atomic E-state index is -1.82. The van der Waals surface area contributed by atoms with Gasteiger partial charge in [0, 0.05) is 12.1 Å². The van der Waals surface area contributed by atoms with Crippen molar-refractivity contribution in [3.63, 3.8) is 0 Å². The van der Waals surface area contributed by atoms with E-state index in [2.05, 4.69) is 5.32 Å². The maximum atomic E-state index is 12.7. The molecule has 0 aliphatic carbocycles. The topological polar surface area (TPSA) is 162 Å². The number of nitrogens with zero attached hydrogens (tertiary/aromatic N) is 2. The van der Waals surface area contributed by atoms with E-state index in [0.717, 1.165) is 4.90 Å². The lowest BCUT2D eigenvalue weighted by molar-refractivity contribution is -0.384. The molecule has 0 saturated carbocycles. The van der Waals surface area contributed by atoms with Crippen molar-refractivity contribution in [3.05, 3.63) is 70.3 Å². The lowest BCUT2D eigenvalue weighted by Gasteiger charge is -2.50. The maximum absolute atomic E-state index is 12.7. The Bertz CT molecular complexity index is 1200. The molecule has 2 aliphatic rings. The second-order valence-electron chi connectivity index (χ2n) is 7.71. The zero-order valence-electron chi connectivity index (χ0n) is 18.0. The number of β-lactam (4-membered cyclic amide) rings is 1. The lowest BCUT2D eigenvalue weighted by atomic mass is 10.0. The third-order valence-corrected chi connectivity index (χ3v) is 7.01. The first-order valence-corrected chi connectivity index (χ1v) is 11.7. The molecule has 2 aliphatic heterocycles. The summed E-state index contributed by atoms with van der Waals surface area (Å²) in [5.74, 6) is -3.13. The monoisotopic (exact) mass is 501 g/mol. The third kappa shape index (κ3) is 5.04. The molecular formula is C22H19N3O9S. The summed E-state index contributed by atoms with van der Waals surface area (Å²) in [6, 6.07) is 11.0. The van der Waals surface area contributed by atoms with Crippen LogP contribution in [-0.2, 0) is 41.3 Å². The summed E-state index contributed by atoms with van der Waals surface area (Å²) < 4.78 is 23.0. The molecule has 0 bridgehead atoms. The molecule has 2 aromatic rings. The van der Waals surface area contributed by atoms with Crippen LogP contribution in [0.5, 0.6) is 5.75 Å². The van der Waals surface area contributed by atoms with E-state index in [0.29, 0.717) is 11.3 Å². The number of hydrogen-bond donors (Lipinski definition) is 1. The van der Waals surface area contributed by atoms with Crippen molar-refractivity contribution in [2.24, 2.45) is 0 Å². The number of ketones is 1. The van der Waals surface area contributed by atoms with Gasteiger partial charge in [0.25, 0.3) is 11.6 Å². The van der Waals surface area contributed by atoms with Crippen molar-refractivity contribution in [2.45, 2.75) is 24.1 Å². The van der Waals surface area contributed by atoms with Gasteiger partial charge in [-0.2, -0.15) is 0 Å². The first-order valence-electron chi connectivity index (χ1n) is 10.4. The van der Waals surface area contributed by atoms with Crippen LogP contribution in [0.25, 0.3) is 0 Å². The van der Waals surface area contributed by atoms with Gasteiger partial charge in [-0.05, 0) is 29.8 Å². The fraction of sp³-hybridized carbons (Fsp3) is 0.273. The summed E-state index contributed by atoms with van der Waals surface area (Å²) in [6.45, 7) is -0.666. The number of nitro groups is 1. The molecule has 35 heavy (non-hydrogen) atoms. The highest BCUT2D eigenvalue weighted by Gasteiger charge is 2.61. The Labute approximate surface area is 200 Å². The quantitative estimate of drug-likeness (QED) is 0.173. The molecule has 2 amide bonds. The van der Waals surface area contributed by atoms with Gasteiger partial charge in [-0.25, -0.2) is 4.79 Å². The lowest BCUT2D eigenvalue weighted by Crippen LogP contribution is -2.79. The van der Waals surface area contributed by atoms with Crippen molar-refractivity contribution in [1.82, 2.24) is 10.2 Å². The molecule has 0 radical (unpaired) electrons. The van der Waals surface area contributed by atoms with Crippen molar-refractivity contribution in [3.8, 4) is 5.75 Å². The fourth-order valence-electron chi connectivity index (χ4n) is 3.70. The van der Waals surface area contributed by atoms with Crippen LogP contribution < -0.4 is 10.1 Å². The highest BCUT2D eigenvalue weighted by Crippen LogP contribution is 2.31. The molecule has 2 heterocycles. The summed E-state index contributed by atoms with van der Waals surface area (Å²) in [7, 11) is -1.82. The number of hydrogen-bond acceptors (Lipinski definition) is 9. The number of rotatable bonds is 8. The number of nitrogens with one attached hydrogen (secondary N) is 1. The Kier molecular flexibility index (Phi) is 6.87. The van der Waals surface area contributed by atoms with E-state index in [1.807, 2.05) is 0 Å². The van der Waals surface area contributed by atoms with E-state index in [9.17, 15) is 33.5 Å². The van der Waals surface area contributed by atoms with Crippen LogP contribution in [0.4, 0.5) is 5.69 Å². The van der Waals surface area contributed by atoms with Gasteiger partial charge in [0.1, 0.15) is 23.8 Å². The van der Waals surface area contributed by atoms with Gasteiger partial charge in [0.2, 0.25) is 5.91 Å². The van der Waals surface area contributed by atoms with E-state index < -0.39 is 62.5 Å². The molecule has 2 saturated heterocycles. The average molecular weight is 501 g/mol. The highest BCUT2D eigenvalue weighted by molar-refractivity contribution is 7.86. The number of ether oxygens (including phenoxy) is 2. The molecule has 2 fully saturated rings. The predicted molar refractivity (Wildman–Crippen MR) is 119 cm³/mol. The van der Waals surface area contributed by atoms with Crippen LogP contribution in [0.1, 0.15) is 5.56 Å². The number of Topliss-reactive ketones (excluding diaryl/α,β-unsaturated/α-hetero) is 1. The third-order valence-electron chi connectivity index (χ3n) is 5.40. The second-order valence-corrected chi connectivity index (χ2v) is 9.24. The van der Waals surface area contributed by atoms with E-state index in [4.69, 9.17) is 9.47 Å². The molecular weight excluding hydrogens is 482 g/mol. The van der Waals surface area contributed by atoms with Crippen molar-refractivity contribution < 1.29 is 37.8 Å². The number of non-ortho nitro benzene ring substituents is 1. The van der Waals surface area contributed by atoms with Crippen LogP contribution in [0.2, 0.25) is 0 Å². The molecule has 0 aromatic heterocycles. The number of carbonyl (C=O) groups excluding carboxylic acids is 4. The van der Waals surface area contributed by atoms with Gasteiger partial charge >= 0.3 is 5.97 Å². The molecule has 182 valence electrons. The van der Waals surface area contributed by atoms with Crippen LogP contribution in [0, 0.1) is 10.1 Å².